The average Bonchev–Trinajstić information content (AvgIpc) is 3.26. The molecule has 4 rings (SSSR count). The lowest BCUT2D eigenvalue weighted by molar-refractivity contribution is 0.0769. The van der Waals surface area contributed by atoms with E-state index >= 15 is 0 Å². The molecule has 2 saturated heterocycles. The van der Waals surface area contributed by atoms with Crippen LogP contribution in [0, 0.1) is 18.8 Å². The summed E-state index contributed by atoms with van der Waals surface area (Å²) >= 11 is 0. The van der Waals surface area contributed by atoms with E-state index in [-0.39, 0.29) is 5.91 Å². The van der Waals surface area contributed by atoms with E-state index in [0.717, 1.165) is 51.3 Å². The molecule has 0 N–H and O–H groups in total. The molecule has 7 nitrogen and oxygen atoms in total. The third-order valence-electron chi connectivity index (χ3n) is 6.03. The van der Waals surface area contributed by atoms with Crippen molar-refractivity contribution in [2.45, 2.75) is 26.3 Å². The van der Waals surface area contributed by atoms with Gasteiger partial charge in [-0.2, -0.15) is 10.2 Å². The van der Waals surface area contributed by atoms with E-state index in [2.05, 4.69) is 21.2 Å². The number of rotatable bonds is 3. The predicted octanol–water partition coefficient (Wildman–Crippen LogP) is 1.45. The summed E-state index contributed by atoms with van der Waals surface area (Å²) < 4.78 is 3.67. The number of fused-ring (bicyclic) bond motifs is 1. The van der Waals surface area contributed by atoms with Crippen molar-refractivity contribution in [1.82, 2.24) is 29.4 Å². The monoisotopic (exact) mass is 356 g/mol. The molecule has 2 fully saturated rings. The summed E-state index contributed by atoms with van der Waals surface area (Å²) in [5.41, 5.74) is 2.87. The third kappa shape index (κ3) is 3.28. The minimum Gasteiger partial charge on any atom is -0.337 e. The van der Waals surface area contributed by atoms with Crippen LogP contribution in [-0.2, 0) is 20.6 Å². The lowest BCUT2D eigenvalue weighted by atomic mass is 9.92. The number of hydrogen-bond donors (Lipinski definition) is 0. The van der Waals surface area contributed by atoms with Gasteiger partial charge >= 0.3 is 0 Å². The Labute approximate surface area is 154 Å². The second-order valence-corrected chi connectivity index (χ2v) is 7.82. The maximum atomic E-state index is 12.9. The summed E-state index contributed by atoms with van der Waals surface area (Å²) in [6.45, 7) is 6.85. The molecule has 0 aromatic carbocycles. The van der Waals surface area contributed by atoms with Crippen LogP contribution in [0.25, 0.3) is 0 Å². The van der Waals surface area contributed by atoms with Crippen LogP contribution in [0.15, 0.2) is 18.3 Å². The van der Waals surface area contributed by atoms with Crippen LogP contribution in [0.2, 0.25) is 0 Å². The second-order valence-electron chi connectivity index (χ2n) is 7.82. The summed E-state index contributed by atoms with van der Waals surface area (Å²) in [5, 5.41) is 8.59. The smallest absolute Gasteiger partial charge is 0.272 e. The van der Waals surface area contributed by atoms with Gasteiger partial charge in [0.15, 0.2) is 0 Å². The van der Waals surface area contributed by atoms with Crippen LogP contribution in [-0.4, -0.2) is 61.4 Å². The topological polar surface area (TPSA) is 59.2 Å². The highest BCUT2D eigenvalue weighted by Crippen LogP contribution is 2.33. The first-order chi connectivity index (χ1) is 12.5. The Kier molecular flexibility index (Phi) is 4.56. The standard InChI is InChI=1S/C19H28N6O/c1-14-10-18(23(3)21-14)19(26)25-11-15-5-8-24(9-6-16(15)12-25)13-17-4-7-20-22(17)2/h4,7,10,15-16H,5-6,8-9,11-13H2,1-3H3/t15-,16+. The van der Waals surface area contributed by atoms with Gasteiger partial charge in [-0.15, -0.1) is 0 Å². The molecule has 140 valence electrons. The number of amides is 1. The number of aryl methyl sites for hydroxylation is 3. The van der Waals surface area contributed by atoms with E-state index in [1.54, 1.807) is 4.68 Å². The molecule has 1 amide bonds. The van der Waals surface area contributed by atoms with E-state index in [1.807, 2.05) is 42.9 Å². The quantitative estimate of drug-likeness (QED) is 0.835. The molecule has 0 unspecified atom stereocenters. The van der Waals surface area contributed by atoms with E-state index in [0.29, 0.717) is 17.5 Å². The zero-order valence-corrected chi connectivity index (χ0v) is 15.9. The first-order valence-corrected chi connectivity index (χ1v) is 9.50. The van der Waals surface area contributed by atoms with Crippen molar-refractivity contribution in [3.8, 4) is 0 Å². The van der Waals surface area contributed by atoms with E-state index in [4.69, 9.17) is 0 Å². The van der Waals surface area contributed by atoms with Gasteiger partial charge in [0.2, 0.25) is 0 Å². The Bertz CT molecular complexity index is 778. The molecular formula is C19H28N6O. The Morgan fingerprint density at radius 2 is 1.85 bits per heavy atom. The fourth-order valence-electron chi connectivity index (χ4n) is 4.48. The predicted molar refractivity (Wildman–Crippen MR) is 98.5 cm³/mol. The molecule has 0 spiro atoms. The van der Waals surface area contributed by atoms with E-state index < -0.39 is 0 Å². The summed E-state index contributed by atoms with van der Waals surface area (Å²) in [7, 11) is 3.86. The lowest BCUT2D eigenvalue weighted by Gasteiger charge is -2.22. The molecule has 0 radical (unpaired) electrons. The minimum atomic E-state index is 0.132. The molecule has 2 aliphatic rings. The molecule has 0 aliphatic carbocycles. The summed E-state index contributed by atoms with van der Waals surface area (Å²) in [4.78, 5) is 17.4. The van der Waals surface area contributed by atoms with E-state index in [1.165, 1.54) is 5.69 Å². The summed E-state index contributed by atoms with van der Waals surface area (Å²) in [6.07, 6.45) is 4.19. The van der Waals surface area contributed by atoms with Gasteiger partial charge in [-0.1, -0.05) is 0 Å². The van der Waals surface area contributed by atoms with Crippen LogP contribution in [0.5, 0.6) is 0 Å². The van der Waals surface area contributed by atoms with Crippen LogP contribution >= 0.6 is 0 Å². The highest BCUT2D eigenvalue weighted by molar-refractivity contribution is 5.92. The largest absolute Gasteiger partial charge is 0.337 e. The maximum Gasteiger partial charge on any atom is 0.272 e. The fraction of sp³-hybridized carbons (Fsp3) is 0.632. The molecule has 2 atom stereocenters. The van der Waals surface area contributed by atoms with Crippen LogP contribution in [0.1, 0.15) is 34.7 Å². The number of nitrogens with zero attached hydrogens (tertiary/aromatic N) is 6. The molecular weight excluding hydrogens is 328 g/mol. The van der Waals surface area contributed by atoms with Gasteiger partial charge in [0.25, 0.3) is 5.91 Å². The Morgan fingerprint density at radius 3 is 2.38 bits per heavy atom. The Balaban J connectivity index is 1.37. The number of aromatic nitrogens is 4. The Morgan fingerprint density at radius 1 is 1.15 bits per heavy atom. The number of carbonyl (C=O) groups excluding carboxylic acids is 1. The molecule has 2 aromatic rings. The Hall–Kier alpha value is -2.15. The lowest BCUT2D eigenvalue weighted by Crippen LogP contribution is -2.32. The molecule has 26 heavy (non-hydrogen) atoms. The van der Waals surface area contributed by atoms with Gasteiger partial charge in [0.1, 0.15) is 5.69 Å². The van der Waals surface area contributed by atoms with Crippen LogP contribution < -0.4 is 0 Å². The van der Waals surface area contributed by atoms with Crippen molar-refractivity contribution in [1.29, 1.82) is 0 Å². The van der Waals surface area contributed by atoms with Gasteiger partial charge in [0, 0.05) is 39.9 Å². The van der Waals surface area contributed by atoms with Gasteiger partial charge in [-0.25, -0.2) is 0 Å². The van der Waals surface area contributed by atoms with E-state index in [9.17, 15) is 4.79 Å². The van der Waals surface area contributed by atoms with Gasteiger partial charge < -0.3 is 4.90 Å². The average molecular weight is 356 g/mol. The highest BCUT2D eigenvalue weighted by atomic mass is 16.2. The van der Waals surface area contributed by atoms with Crippen molar-refractivity contribution < 1.29 is 4.79 Å². The number of hydrogen-bond acceptors (Lipinski definition) is 4. The molecule has 7 heteroatoms. The SMILES string of the molecule is Cc1cc(C(=O)N2C[C@H]3CCN(Cc4ccnn4C)CC[C@H]3C2)n(C)n1. The minimum absolute atomic E-state index is 0.132. The van der Waals surface area contributed by atoms with Gasteiger partial charge in [0.05, 0.1) is 11.4 Å². The number of likely N-dealkylation sites (tertiary alicyclic amines) is 2. The maximum absolute atomic E-state index is 12.9. The van der Waals surface area contributed by atoms with Gasteiger partial charge in [-0.05, 0) is 56.8 Å². The highest BCUT2D eigenvalue weighted by Gasteiger charge is 2.37. The summed E-state index contributed by atoms with van der Waals surface area (Å²) in [6, 6.07) is 3.99. The van der Waals surface area contributed by atoms with Crippen LogP contribution in [0.4, 0.5) is 0 Å². The van der Waals surface area contributed by atoms with Crippen molar-refractivity contribution in [3.63, 3.8) is 0 Å². The zero-order chi connectivity index (χ0) is 18.3. The van der Waals surface area contributed by atoms with Crippen molar-refractivity contribution in [2.75, 3.05) is 26.2 Å². The normalized spacial score (nSPS) is 23.9. The van der Waals surface area contributed by atoms with Crippen molar-refractivity contribution in [3.05, 3.63) is 35.4 Å². The third-order valence-corrected chi connectivity index (χ3v) is 6.03. The molecule has 2 aliphatic heterocycles. The second kappa shape index (κ2) is 6.87. The van der Waals surface area contributed by atoms with Gasteiger partial charge in [-0.3, -0.25) is 19.1 Å². The first-order valence-electron chi connectivity index (χ1n) is 9.50. The molecule has 4 heterocycles. The number of carbonyl (C=O) groups is 1. The van der Waals surface area contributed by atoms with Crippen molar-refractivity contribution in [2.24, 2.45) is 25.9 Å². The fourth-order valence-corrected chi connectivity index (χ4v) is 4.48. The molecule has 0 saturated carbocycles. The van der Waals surface area contributed by atoms with Crippen LogP contribution in [0.3, 0.4) is 0 Å². The zero-order valence-electron chi connectivity index (χ0n) is 15.9. The molecule has 2 aromatic heterocycles. The summed E-state index contributed by atoms with van der Waals surface area (Å²) in [5.74, 6) is 1.36. The first kappa shape index (κ1) is 17.3. The molecule has 0 bridgehead atoms. The van der Waals surface area contributed by atoms with Crippen molar-refractivity contribution >= 4 is 5.91 Å².